The van der Waals surface area contributed by atoms with Gasteiger partial charge in [-0.2, -0.15) is 0 Å². The van der Waals surface area contributed by atoms with Crippen molar-refractivity contribution < 1.29 is 38.9 Å². The number of rotatable bonds is 17. The number of hydrogen-bond donors (Lipinski definition) is 5. The van der Waals surface area contributed by atoms with E-state index in [0.29, 0.717) is 12.8 Å². The molecule has 37 heavy (non-hydrogen) atoms. The fourth-order valence-corrected chi connectivity index (χ4v) is 4.36. The van der Waals surface area contributed by atoms with Gasteiger partial charge in [-0.05, 0) is 30.4 Å². The van der Waals surface area contributed by atoms with Crippen LogP contribution in [0.5, 0.6) is 0 Å². The van der Waals surface area contributed by atoms with E-state index < -0.39 is 42.4 Å². The van der Waals surface area contributed by atoms with Gasteiger partial charge in [0.15, 0.2) is 0 Å². The fraction of sp³-hybridized carbons (Fsp3) is 0.542. The van der Waals surface area contributed by atoms with Crippen LogP contribution in [0.1, 0.15) is 37.8 Å². The molecular weight excluding hydrogens is 504 g/mol. The molecule has 1 aromatic carbocycles. The number of ether oxygens (including phenoxy) is 1. The fourth-order valence-electron chi connectivity index (χ4n) is 3.44. The van der Waals surface area contributed by atoms with Gasteiger partial charge in [0.2, 0.25) is 17.7 Å². The summed E-state index contributed by atoms with van der Waals surface area (Å²) in [4.78, 5) is 61.2. The number of benzene rings is 1. The Labute approximate surface area is 220 Å². The van der Waals surface area contributed by atoms with Crippen LogP contribution in [-0.2, 0) is 41.6 Å². The van der Waals surface area contributed by atoms with Crippen molar-refractivity contribution in [3.63, 3.8) is 0 Å². The number of carbonyl (C=O) groups excluding carboxylic acids is 3. The zero-order valence-electron chi connectivity index (χ0n) is 21.3. The highest BCUT2D eigenvalue weighted by atomic mass is 32.2. The van der Waals surface area contributed by atoms with Crippen LogP contribution in [0.15, 0.2) is 18.2 Å². The number of nitrogens with one attached hydrogen (secondary N) is 2. The molecule has 0 saturated heterocycles. The molecule has 3 amide bonds. The Balaban J connectivity index is 2.93. The number of aliphatic carboxylic acids is 2. The lowest BCUT2D eigenvalue weighted by atomic mass is 10.0. The van der Waals surface area contributed by atoms with Crippen molar-refractivity contribution in [2.24, 2.45) is 5.73 Å². The molecule has 0 aromatic heterocycles. The van der Waals surface area contributed by atoms with E-state index in [1.165, 1.54) is 7.11 Å². The van der Waals surface area contributed by atoms with Gasteiger partial charge < -0.3 is 31.3 Å². The molecule has 13 heteroatoms. The monoisotopic (exact) mass is 540 g/mol. The number of hydrogen-bond acceptors (Lipinski definition) is 8. The van der Waals surface area contributed by atoms with Gasteiger partial charge in [-0.3, -0.25) is 28.9 Å². The van der Waals surface area contributed by atoms with Crippen LogP contribution in [-0.4, -0.2) is 83.8 Å². The Bertz CT molecular complexity index is 936. The molecule has 0 heterocycles. The largest absolute Gasteiger partial charge is 0.480 e. The first-order chi connectivity index (χ1) is 17.5. The summed E-state index contributed by atoms with van der Waals surface area (Å²) in [5, 5.41) is 22.4. The molecule has 12 nitrogen and oxygen atoms in total. The molecule has 6 N–H and O–H groups in total. The van der Waals surface area contributed by atoms with Crippen LogP contribution in [0.25, 0.3) is 0 Å². The van der Waals surface area contributed by atoms with Gasteiger partial charge in [0.1, 0.15) is 25.4 Å². The molecule has 0 aliphatic carbocycles. The van der Waals surface area contributed by atoms with Gasteiger partial charge in [0.25, 0.3) is 0 Å². The van der Waals surface area contributed by atoms with Gasteiger partial charge in [0.05, 0.1) is 11.4 Å². The summed E-state index contributed by atoms with van der Waals surface area (Å²) in [6.07, 6.45) is 1.05. The van der Waals surface area contributed by atoms with E-state index in [9.17, 15) is 24.0 Å². The van der Waals surface area contributed by atoms with Crippen molar-refractivity contribution in [3.05, 3.63) is 29.3 Å². The number of nitrogens with zero attached hydrogens (tertiary/aromatic N) is 1. The predicted molar refractivity (Wildman–Crippen MR) is 139 cm³/mol. The number of carbonyl (C=O) groups is 5. The molecular formula is C24H36N4O8S. The van der Waals surface area contributed by atoms with Crippen molar-refractivity contribution in [1.29, 1.82) is 0 Å². The summed E-state index contributed by atoms with van der Waals surface area (Å²) < 4.78 is 5.28. The zero-order chi connectivity index (χ0) is 28.0. The minimum absolute atomic E-state index is 0.0230. The Morgan fingerprint density at radius 3 is 2.24 bits per heavy atom. The second-order valence-electron chi connectivity index (χ2n) is 8.10. The normalized spacial score (nSPS) is 12.3. The average Bonchev–Trinajstić information content (AvgIpc) is 2.87. The van der Waals surface area contributed by atoms with Crippen LogP contribution < -0.4 is 21.3 Å². The summed E-state index contributed by atoms with van der Waals surface area (Å²) in [5.41, 5.74) is 8.19. The highest BCUT2D eigenvalue weighted by Crippen LogP contribution is 2.28. The lowest BCUT2D eigenvalue weighted by molar-refractivity contribution is -0.139. The summed E-state index contributed by atoms with van der Waals surface area (Å²) in [6.45, 7) is 3.38. The molecule has 0 aliphatic rings. The molecule has 2 unspecified atom stereocenters. The van der Waals surface area contributed by atoms with Crippen molar-refractivity contribution >= 4 is 47.1 Å². The van der Waals surface area contributed by atoms with Gasteiger partial charge >= 0.3 is 11.9 Å². The summed E-state index contributed by atoms with van der Waals surface area (Å²) >= 11 is 1.09. The smallest absolute Gasteiger partial charge is 0.322 e. The molecule has 0 radical (unpaired) electrons. The molecule has 0 spiro atoms. The quantitative estimate of drug-likeness (QED) is 0.173. The maximum Gasteiger partial charge on any atom is 0.322 e. The molecule has 0 fully saturated rings. The number of methoxy groups -OCH3 is 1. The number of amides is 3. The van der Waals surface area contributed by atoms with Crippen molar-refractivity contribution in [3.8, 4) is 0 Å². The number of aryl methyl sites for hydroxylation is 2. The Morgan fingerprint density at radius 2 is 1.73 bits per heavy atom. The molecule has 1 rings (SSSR count). The lowest BCUT2D eigenvalue weighted by Crippen LogP contribution is -2.49. The highest BCUT2D eigenvalue weighted by Gasteiger charge is 2.25. The number of para-hydroxylation sites is 1. The van der Waals surface area contributed by atoms with E-state index in [-0.39, 0.29) is 37.0 Å². The standard InChI is InChI=1S/C24H36N4O8S/c1-4-15-7-6-8-16(5-2)22(15)28(14-36-3)20(30)13-37-12-18(23(33)26-11-21(31)32)27-19(29)10-9-17(25)24(34)35/h6-8,17-18H,4-5,9-14,25H2,1-3H3,(H,26,33)(H,27,29)(H,31,32)(H,34,35). The van der Waals surface area contributed by atoms with Crippen molar-refractivity contribution in [2.45, 2.75) is 51.6 Å². The number of carboxylic acid groups (broad SMARTS) is 2. The Morgan fingerprint density at radius 1 is 1.11 bits per heavy atom. The molecule has 0 aliphatic heterocycles. The van der Waals surface area contributed by atoms with E-state index in [1.807, 2.05) is 32.0 Å². The van der Waals surface area contributed by atoms with E-state index in [1.54, 1.807) is 4.90 Å². The lowest BCUT2D eigenvalue weighted by Gasteiger charge is -2.27. The van der Waals surface area contributed by atoms with E-state index in [0.717, 1.165) is 28.6 Å². The average molecular weight is 541 g/mol. The van der Waals surface area contributed by atoms with Crippen LogP contribution in [0, 0.1) is 0 Å². The van der Waals surface area contributed by atoms with Gasteiger partial charge in [-0.25, -0.2) is 0 Å². The molecule has 206 valence electrons. The second-order valence-corrected chi connectivity index (χ2v) is 9.13. The van der Waals surface area contributed by atoms with E-state index in [4.69, 9.17) is 20.7 Å². The molecule has 0 bridgehead atoms. The first kappa shape index (κ1) is 31.9. The third-order valence-corrected chi connectivity index (χ3v) is 6.39. The third kappa shape index (κ3) is 10.8. The van der Waals surface area contributed by atoms with E-state index >= 15 is 0 Å². The SMILES string of the molecule is CCc1cccc(CC)c1N(COC)C(=O)CSCC(NC(=O)CCC(N)C(=O)O)C(=O)NCC(=O)O. The second kappa shape index (κ2) is 16.6. The van der Waals surface area contributed by atoms with E-state index in [2.05, 4.69) is 10.6 Å². The summed E-state index contributed by atoms with van der Waals surface area (Å²) in [6, 6.07) is 3.47. The molecule has 0 saturated carbocycles. The number of nitrogens with two attached hydrogens (primary N) is 1. The van der Waals surface area contributed by atoms with Crippen molar-refractivity contribution in [1.82, 2.24) is 10.6 Å². The van der Waals surface area contributed by atoms with Crippen LogP contribution in [0.4, 0.5) is 5.69 Å². The van der Waals surface area contributed by atoms with Crippen LogP contribution >= 0.6 is 11.8 Å². The number of carboxylic acids is 2. The van der Waals surface area contributed by atoms with Gasteiger partial charge in [-0.15, -0.1) is 11.8 Å². The highest BCUT2D eigenvalue weighted by molar-refractivity contribution is 8.00. The number of anilines is 1. The molecule has 2 atom stereocenters. The Kier molecular flexibility index (Phi) is 14.3. The van der Waals surface area contributed by atoms with Crippen molar-refractivity contribution in [2.75, 3.05) is 36.8 Å². The zero-order valence-corrected chi connectivity index (χ0v) is 22.1. The first-order valence-corrected chi connectivity index (χ1v) is 13.0. The minimum atomic E-state index is -1.26. The third-order valence-electron chi connectivity index (χ3n) is 5.37. The topological polar surface area (TPSA) is 188 Å². The molecule has 1 aromatic rings. The first-order valence-electron chi connectivity index (χ1n) is 11.8. The van der Waals surface area contributed by atoms with Crippen LogP contribution in [0.2, 0.25) is 0 Å². The number of thioether (sulfide) groups is 1. The van der Waals surface area contributed by atoms with Crippen LogP contribution in [0.3, 0.4) is 0 Å². The Hall–Kier alpha value is -3.16. The van der Waals surface area contributed by atoms with Gasteiger partial charge in [-0.1, -0.05) is 32.0 Å². The maximum absolute atomic E-state index is 13.2. The van der Waals surface area contributed by atoms with Gasteiger partial charge in [0, 0.05) is 19.3 Å². The summed E-state index contributed by atoms with van der Waals surface area (Å²) in [7, 11) is 1.49. The summed E-state index contributed by atoms with van der Waals surface area (Å²) in [5.74, 6) is -4.19. The minimum Gasteiger partial charge on any atom is -0.480 e. The predicted octanol–water partition coefficient (Wildman–Crippen LogP) is 0.359. The maximum atomic E-state index is 13.2.